The van der Waals surface area contributed by atoms with Crippen LogP contribution in [0.1, 0.15) is 36.3 Å². The molecule has 39 heavy (non-hydrogen) atoms. The van der Waals surface area contributed by atoms with Crippen LogP contribution in [-0.2, 0) is 0 Å². The minimum absolute atomic E-state index is 0.553. The van der Waals surface area contributed by atoms with E-state index in [1.54, 1.807) is 22.7 Å². The van der Waals surface area contributed by atoms with Crippen LogP contribution in [0.4, 0.5) is 11.4 Å². The SMILES string of the molecule is Cc1ccc(N2c3ccc(-c4cnc(-c5ccc(-c6ncc(Br)s6)c6nsnc56)s4)cc3C3CCCC32)cc1. The highest BCUT2D eigenvalue weighted by atomic mass is 79.9. The zero-order chi connectivity index (χ0) is 26.1. The van der Waals surface area contributed by atoms with E-state index in [0.29, 0.717) is 12.0 Å². The van der Waals surface area contributed by atoms with E-state index in [0.717, 1.165) is 36.0 Å². The second-order valence-electron chi connectivity index (χ2n) is 10.2. The molecule has 9 heteroatoms. The highest BCUT2D eigenvalue weighted by Gasteiger charge is 2.42. The van der Waals surface area contributed by atoms with Gasteiger partial charge in [0.2, 0.25) is 0 Å². The minimum atomic E-state index is 0.553. The summed E-state index contributed by atoms with van der Waals surface area (Å²) in [7, 11) is 0. The number of aryl methyl sites for hydroxylation is 1. The monoisotopic (exact) mass is 627 g/mol. The Bertz CT molecular complexity index is 1850. The Labute approximate surface area is 246 Å². The van der Waals surface area contributed by atoms with Crippen LogP contribution in [0.25, 0.3) is 42.6 Å². The number of halogens is 1. The van der Waals surface area contributed by atoms with Gasteiger partial charge in [-0.1, -0.05) is 30.2 Å². The van der Waals surface area contributed by atoms with Crippen molar-refractivity contribution >= 4 is 72.7 Å². The van der Waals surface area contributed by atoms with E-state index in [1.165, 1.54) is 63.9 Å². The topological polar surface area (TPSA) is 54.8 Å². The van der Waals surface area contributed by atoms with Crippen LogP contribution < -0.4 is 4.90 Å². The van der Waals surface area contributed by atoms with E-state index in [4.69, 9.17) is 4.98 Å². The molecule has 0 saturated heterocycles. The summed E-state index contributed by atoms with van der Waals surface area (Å²) in [6.45, 7) is 2.15. The molecule has 1 saturated carbocycles. The Kier molecular flexibility index (Phi) is 5.69. The van der Waals surface area contributed by atoms with Crippen molar-refractivity contribution in [3.8, 4) is 31.6 Å². The molecule has 1 fully saturated rings. The Hall–Kier alpha value is -2.98. The van der Waals surface area contributed by atoms with E-state index in [9.17, 15) is 0 Å². The molecule has 2 aliphatic rings. The fraction of sp³-hybridized carbons (Fsp3) is 0.200. The number of anilines is 2. The summed E-state index contributed by atoms with van der Waals surface area (Å²) in [5.41, 5.74) is 10.5. The Morgan fingerprint density at radius 3 is 2.33 bits per heavy atom. The average molecular weight is 629 g/mol. The van der Waals surface area contributed by atoms with Crippen LogP contribution in [-0.4, -0.2) is 24.8 Å². The second-order valence-corrected chi connectivity index (χ2v) is 14.2. The Morgan fingerprint density at radius 1 is 0.846 bits per heavy atom. The van der Waals surface area contributed by atoms with Crippen molar-refractivity contribution < 1.29 is 0 Å². The molecular formula is C30H22BrN5S3. The molecule has 0 radical (unpaired) electrons. The van der Waals surface area contributed by atoms with Gasteiger partial charge in [0.1, 0.15) is 21.0 Å². The molecule has 3 aromatic carbocycles. The lowest BCUT2D eigenvalue weighted by Crippen LogP contribution is -2.26. The number of benzene rings is 3. The number of aromatic nitrogens is 4. The summed E-state index contributed by atoms with van der Waals surface area (Å²) in [5.74, 6) is 0.591. The molecule has 8 rings (SSSR count). The van der Waals surface area contributed by atoms with Gasteiger partial charge in [-0.25, -0.2) is 9.97 Å². The molecule has 2 unspecified atom stereocenters. The lowest BCUT2D eigenvalue weighted by atomic mass is 9.96. The lowest BCUT2D eigenvalue weighted by molar-refractivity contribution is 0.642. The molecule has 0 N–H and O–H groups in total. The Morgan fingerprint density at radius 2 is 1.59 bits per heavy atom. The number of thiazole rings is 2. The van der Waals surface area contributed by atoms with Gasteiger partial charge in [0, 0.05) is 40.7 Å². The maximum atomic E-state index is 4.85. The molecule has 3 aromatic heterocycles. The summed E-state index contributed by atoms with van der Waals surface area (Å²) >= 11 is 8.09. The molecule has 0 spiro atoms. The van der Waals surface area contributed by atoms with Gasteiger partial charge in [-0.2, -0.15) is 8.75 Å². The van der Waals surface area contributed by atoms with Crippen molar-refractivity contribution in [3.63, 3.8) is 0 Å². The summed E-state index contributed by atoms with van der Waals surface area (Å²) in [5, 5.41) is 1.91. The van der Waals surface area contributed by atoms with Gasteiger partial charge in [0.15, 0.2) is 0 Å². The molecule has 1 aliphatic heterocycles. The van der Waals surface area contributed by atoms with Gasteiger partial charge in [-0.05, 0) is 83.2 Å². The van der Waals surface area contributed by atoms with Gasteiger partial charge in [-0.3, -0.25) is 0 Å². The summed E-state index contributed by atoms with van der Waals surface area (Å²) in [4.78, 5) is 13.2. The van der Waals surface area contributed by atoms with Crippen LogP contribution >= 0.6 is 50.3 Å². The fourth-order valence-electron chi connectivity index (χ4n) is 6.17. The maximum Gasteiger partial charge on any atom is 0.126 e. The van der Waals surface area contributed by atoms with Gasteiger partial charge in [0.25, 0.3) is 0 Å². The van der Waals surface area contributed by atoms with Gasteiger partial charge < -0.3 is 4.90 Å². The van der Waals surface area contributed by atoms with E-state index >= 15 is 0 Å². The second kappa shape index (κ2) is 9.30. The third-order valence-corrected chi connectivity index (χ3v) is 11.1. The van der Waals surface area contributed by atoms with E-state index in [-0.39, 0.29) is 0 Å². The van der Waals surface area contributed by atoms with Gasteiger partial charge >= 0.3 is 0 Å². The Balaban J connectivity index is 1.16. The normalized spacial score (nSPS) is 18.2. The standard InChI is InChI=1S/C30H22BrN5S3/c1-16-5-8-18(9-6-16)36-23-4-2-3-19(23)22-13-17(7-12-24(22)36)25-14-32-29(37-25)20-10-11-21(28-27(20)34-39-35-28)30-33-15-26(31)38-30/h5-15,19,23H,2-4H2,1H3. The fourth-order valence-corrected chi connectivity index (χ4v) is 8.92. The van der Waals surface area contributed by atoms with Gasteiger partial charge in [-0.15, -0.1) is 22.7 Å². The predicted molar refractivity (Wildman–Crippen MR) is 166 cm³/mol. The first kappa shape index (κ1) is 23.9. The molecule has 192 valence electrons. The molecule has 5 nitrogen and oxygen atoms in total. The van der Waals surface area contributed by atoms with Crippen molar-refractivity contribution in [2.24, 2.45) is 0 Å². The number of hydrogen-bond acceptors (Lipinski definition) is 8. The molecule has 0 bridgehead atoms. The number of fused-ring (bicyclic) bond motifs is 4. The van der Waals surface area contributed by atoms with Crippen LogP contribution in [0.5, 0.6) is 0 Å². The maximum absolute atomic E-state index is 4.85. The quantitative estimate of drug-likeness (QED) is 0.195. The summed E-state index contributed by atoms with van der Waals surface area (Å²) in [6.07, 6.45) is 7.64. The molecule has 4 heterocycles. The molecule has 0 amide bonds. The van der Waals surface area contributed by atoms with Crippen LogP contribution in [0.2, 0.25) is 0 Å². The van der Waals surface area contributed by atoms with Crippen molar-refractivity contribution in [2.45, 2.75) is 38.1 Å². The average Bonchev–Trinajstić information content (AvgIpc) is 3.77. The number of rotatable bonds is 4. The van der Waals surface area contributed by atoms with E-state index in [1.807, 2.05) is 12.4 Å². The first-order valence-electron chi connectivity index (χ1n) is 13.0. The first-order chi connectivity index (χ1) is 19.1. The van der Waals surface area contributed by atoms with Crippen molar-refractivity contribution in [2.75, 3.05) is 4.90 Å². The zero-order valence-electron chi connectivity index (χ0n) is 21.0. The number of nitrogens with zero attached hydrogens (tertiary/aromatic N) is 5. The van der Waals surface area contributed by atoms with E-state index in [2.05, 4.69) is 96.1 Å². The minimum Gasteiger partial charge on any atom is -0.338 e. The predicted octanol–water partition coefficient (Wildman–Crippen LogP) is 9.46. The van der Waals surface area contributed by atoms with Crippen LogP contribution in [0.15, 0.2) is 70.8 Å². The first-order valence-corrected chi connectivity index (χ1v) is 16.1. The highest BCUT2D eigenvalue weighted by molar-refractivity contribution is 9.11. The molecule has 2 atom stereocenters. The summed E-state index contributed by atoms with van der Waals surface area (Å²) < 4.78 is 10.3. The van der Waals surface area contributed by atoms with Crippen LogP contribution in [0, 0.1) is 6.92 Å². The van der Waals surface area contributed by atoms with Crippen molar-refractivity contribution in [1.29, 1.82) is 0 Å². The smallest absolute Gasteiger partial charge is 0.126 e. The number of hydrogen-bond donors (Lipinski definition) is 0. The van der Waals surface area contributed by atoms with E-state index < -0.39 is 0 Å². The van der Waals surface area contributed by atoms with Gasteiger partial charge in [0.05, 0.1) is 26.6 Å². The van der Waals surface area contributed by atoms with Crippen molar-refractivity contribution in [3.05, 3.63) is 81.9 Å². The van der Waals surface area contributed by atoms with Crippen LogP contribution in [0.3, 0.4) is 0 Å². The largest absolute Gasteiger partial charge is 0.338 e. The lowest BCUT2D eigenvalue weighted by Gasteiger charge is -2.27. The molecule has 6 aromatic rings. The zero-order valence-corrected chi connectivity index (χ0v) is 25.0. The third-order valence-electron chi connectivity index (χ3n) is 7.95. The molecular weight excluding hydrogens is 606 g/mol. The molecule has 1 aliphatic carbocycles. The highest BCUT2D eigenvalue weighted by Crippen LogP contribution is 2.53. The third kappa shape index (κ3) is 3.89. The summed E-state index contributed by atoms with van der Waals surface area (Å²) in [6, 6.07) is 20.8. The van der Waals surface area contributed by atoms with Crippen molar-refractivity contribution in [1.82, 2.24) is 18.7 Å².